The third kappa shape index (κ3) is 36.5. The number of benzene rings is 4. The Bertz CT molecular complexity index is 1850. The summed E-state index contributed by atoms with van der Waals surface area (Å²) in [5, 5.41) is 2.04. The van der Waals surface area contributed by atoms with E-state index in [1.807, 2.05) is 50.2 Å². The zero-order valence-corrected chi connectivity index (χ0v) is 60.6. The molecular formula is C58H86Cl6NNi2PS8-6. The van der Waals surface area contributed by atoms with Crippen molar-refractivity contribution in [3.8, 4) is 0 Å². The van der Waals surface area contributed by atoms with Crippen molar-refractivity contribution in [2.45, 2.75) is 211 Å². The monoisotopic (exact) mass is 1410 g/mol. The average molecular weight is 1410 g/mol. The first kappa shape index (κ1) is 84.2. The number of unbranched alkanes of at least 4 members (excludes halogenated alkanes) is 8. The molecule has 0 amide bonds. The molecule has 76 heavy (non-hydrogen) atoms. The number of nitrogens with zero attached hydrogens (tertiary/aromatic N) is 1. The summed E-state index contributed by atoms with van der Waals surface area (Å²) in [4.78, 5) is 4.58. The minimum atomic E-state index is -0.562. The molecule has 0 unspecified atom stereocenters. The Labute approximate surface area is 560 Å². The zero-order chi connectivity index (χ0) is 56.9. The molecule has 0 saturated carbocycles. The van der Waals surface area contributed by atoms with Crippen LogP contribution < -0.4 is 0 Å². The third-order valence-electron chi connectivity index (χ3n) is 12.3. The van der Waals surface area contributed by atoms with Gasteiger partial charge in [0.1, 0.15) is 0 Å². The van der Waals surface area contributed by atoms with Gasteiger partial charge in [0.2, 0.25) is 0 Å². The van der Waals surface area contributed by atoms with Crippen LogP contribution in [0.2, 0.25) is 30.1 Å². The molecule has 4 rings (SSSR count). The Kier molecular flexibility index (Phi) is 55.5. The van der Waals surface area contributed by atoms with Gasteiger partial charge in [-0.2, -0.15) is 39.2 Å². The number of hydrogen-bond donors (Lipinski definition) is 0. The maximum atomic E-state index is 5.69. The fourth-order valence-corrected chi connectivity index (χ4v) is 16.0. The molecule has 0 fully saturated rings. The maximum Gasteiger partial charge on any atom is 0.0786 e. The van der Waals surface area contributed by atoms with Crippen LogP contribution in [0.5, 0.6) is 0 Å². The topological polar surface area (TPSA) is 0 Å². The molecule has 0 radical (unpaired) electrons. The SMILES string of the molecule is CCCC[N+](CCCC)(CCCC)CCCC.CCCC[P+](CCCC)(CCCC)CCCC.Cc1ccc([S-])c([S-])c1.Cc1ccc([S-])c([S-])c1.[Ni].[Ni].[S-]c1c(Cl)cc(Cl)c(Cl)c1[S-].[S-]c1c(Cl)cc(Cl)c(Cl)c1[S-]. The smallest absolute Gasteiger partial charge is 0.0786 e. The summed E-state index contributed by atoms with van der Waals surface area (Å²) in [5.74, 6) is 0. The Morgan fingerprint density at radius 3 is 0.803 bits per heavy atom. The molecular weight excluding hydrogens is 1330 g/mol. The van der Waals surface area contributed by atoms with Crippen LogP contribution in [0.25, 0.3) is 0 Å². The van der Waals surface area contributed by atoms with Gasteiger partial charge in [0.15, 0.2) is 0 Å². The van der Waals surface area contributed by atoms with E-state index in [1.165, 1.54) is 157 Å². The number of hydrogen-bond acceptors (Lipinski definition) is 8. The first-order chi connectivity index (χ1) is 35.0. The van der Waals surface area contributed by atoms with Gasteiger partial charge in [0.05, 0.1) is 60.9 Å². The van der Waals surface area contributed by atoms with E-state index in [0.29, 0.717) is 49.7 Å². The minimum Gasteiger partial charge on any atom is -0.781 e. The largest absolute Gasteiger partial charge is 0.781 e. The van der Waals surface area contributed by atoms with E-state index in [-0.39, 0.29) is 33.0 Å². The molecule has 0 atom stereocenters. The Morgan fingerprint density at radius 2 is 0.592 bits per heavy atom. The van der Waals surface area contributed by atoms with Gasteiger partial charge >= 0.3 is 0 Å². The van der Waals surface area contributed by atoms with E-state index < -0.39 is 7.26 Å². The second kappa shape index (κ2) is 50.1. The first-order valence-electron chi connectivity index (χ1n) is 26.6. The van der Waals surface area contributed by atoms with Crippen molar-refractivity contribution >= 4 is 178 Å². The quantitative estimate of drug-likeness (QED) is 0.0221. The summed E-state index contributed by atoms with van der Waals surface area (Å²) in [5.41, 5.74) is 2.35. The van der Waals surface area contributed by atoms with Crippen molar-refractivity contribution in [2.75, 3.05) is 50.8 Å². The van der Waals surface area contributed by atoms with Crippen molar-refractivity contribution in [1.82, 2.24) is 0 Å². The average Bonchev–Trinajstić information content (AvgIpc) is 3.38. The summed E-state index contributed by atoms with van der Waals surface area (Å²) in [6, 6.07) is 14.5. The van der Waals surface area contributed by atoms with Gasteiger partial charge in [-0.1, -0.05) is 224 Å². The van der Waals surface area contributed by atoms with Gasteiger partial charge in [-0.15, -0.1) is 0 Å². The van der Waals surface area contributed by atoms with Crippen LogP contribution in [-0.2, 0) is 134 Å². The van der Waals surface area contributed by atoms with Gasteiger partial charge in [0.25, 0.3) is 0 Å². The molecule has 1 nitrogen and oxygen atoms in total. The number of halogens is 6. The molecule has 0 saturated heterocycles. The molecule has 0 aliphatic carbocycles. The molecule has 0 heterocycles. The van der Waals surface area contributed by atoms with Gasteiger partial charge in [-0.25, -0.2) is 0 Å². The second-order valence-corrected chi connectivity index (χ2v) is 29.1. The minimum absolute atomic E-state index is 0. The van der Waals surface area contributed by atoms with Crippen LogP contribution in [0.1, 0.15) is 169 Å². The maximum absolute atomic E-state index is 5.69. The standard InChI is InChI=1S/C16H36N.C16H36P.2C7H8S2.2C6H3Cl3S2.2Ni/c2*1-5-9-13-17(14-10-6-2,15-11-7-3)16-12-8-4;2*1-5-2-3-6(8)7(9)4-5;2*7-2-1-3(8)5(10)6(11)4(2)9;;/h2*5-16H2,1-4H3;2*2-4,8-9H,1H3;2*1,10-11H;;/q2*+1;;;;;;/p-8. The molecule has 0 aromatic heterocycles. The van der Waals surface area contributed by atoms with Gasteiger partial charge < -0.3 is 106 Å². The van der Waals surface area contributed by atoms with Gasteiger partial charge in [0, 0.05) is 60.3 Å². The second-order valence-electron chi connectivity index (χ2n) is 18.8. The summed E-state index contributed by atoms with van der Waals surface area (Å²) < 4.78 is 1.42. The summed E-state index contributed by atoms with van der Waals surface area (Å²) in [7, 11) is -0.562. The number of quaternary nitrogens is 1. The fourth-order valence-electron chi connectivity index (χ4n) is 7.63. The molecule has 0 bridgehead atoms. The van der Waals surface area contributed by atoms with Gasteiger partial charge in [-0.05, 0) is 77.3 Å². The Balaban J connectivity index is -0.000000414. The van der Waals surface area contributed by atoms with Crippen LogP contribution in [0.3, 0.4) is 0 Å². The van der Waals surface area contributed by atoms with Crippen molar-refractivity contribution in [3.05, 3.63) is 89.8 Å². The number of rotatable bonds is 24. The van der Waals surface area contributed by atoms with E-state index in [9.17, 15) is 0 Å². The third-order valence-corrected chi connectivity index (χ3v) is 23.5. The number of aryl methyl sites for hydroxylation is 2. The van der Waals surface area contributed by atoms with Crippen molar-refractivity contribution in [3.63, 3.8) is 0 Å². The van der Waals surface area contributed by atoms with Crippen LogP contribution in [0.15, 0.2) is 87.7 Å². The summed E-state index contributed by atoms with van der Waals surface area (Å²) >= 11 is 73.2. The molecule has 0 aliphatic rings. The van der Waals surface area contributed by atoms with Gasteiger partial charge in [-0.3, -0.25) is 0 Å². The first-order valence-corrected chi connectivity index (χ1v) is 34.6. The molecule has 18 heteroatoms. The van der Waals surface area contributed by atoms with Crippen molar-refractivity contribution in [2.24, 2.45) is 0 Å². The van der Waals surface area contributed by atoms with E-state index in [2.05, 4.69) is 55.4 Å². The van der Waals surface area contributed by atoms with E-state index in [1.54, 1.807) is 24.6 Å². The molecule has 0 N–H and O–H groups in total. The zero-order valence-electron chi connectivity index (χ0n) is 46.7. The van der Waals surface area contributed by atoms with Crippen molar-refractivity contribution < 1.29 is 37.5 Å². The predicted molar refractivity (Wildman–Crippen MR) is 356 cm³/mol. The van der Waals surface area contributed by atoms with Crippen LogP contribution in [0, 0.1) is 13.8 Å². The molecule has 4 aromatic carbocycles. The van der Waals surface area contributed by atoms with Crippen LogP contribution in [-0.4, -0.2) is 55.3 Å². The molecule has 4 aromatic rings. The predicted octanol–water partition coefficient (Wildman–Crippen LogP) is 21.7. The summed E-state index contributed by atoms with van der Waals surface area (Å²) in [6.07, 6.45) is 29.0. The molecule has 444 valence electrons. The Hall–Kier alpha value is 1.76. The van der Waals surface area contributed by atoms with E-state index in [0.717, 1.165) is 19.6 Å². The molecule has 0 aliphatic heterocycles. The van der Waals surface area contributed by atoms with Crippen molar-refractivity contribution in [1.29, 1.82) is 0 Å². The van der Waals surface area contributed by atoms with Crippen LogP contribution in [0.4, 0.5) is 0 Å². The molecule has 0 spiro atoms. The summed E-state index contributed by atoms with van der Waals surface area (Å²) in [6.45, 7) is 28.4. The normalized spacial score (nSPS) is 10.5. The van der Waals surface area contributed by atoms with Crippen LogP contribution >= 0.6 is 76.9 Å². The van der Waals surface area contributed by atoms with E-state index >= 15 is 0 Å². The Morgan fingerprint density at radius 1 is 0.342 bits per heavy atom. The van der Waals surface area contributed by atoms with E-state index in [4.69, 9.17) is 171 Å². The fraction of sp³-hybridized carbons (Fsp3) is 0.586.